The summed E-state index contributed by atoms with van der Waals surface area (Å²) >= 11 is 0. The zero-order valence-corrected chi connectivity index (χ0v) is 13.6. The number of nitrogens with zero attached hydrogens (tertiary/aromatic N) is 2. The van der Waals surface area contributed by atoms with Crippen molar-refractivity contribution in [3.63, 3.8) is 0 Å². The van der Waals surface area contributed by atoms with Gasteiger partial charge in [-0.05, 0) is 24.1 Å². The molecule has 0 aliphatic carbocycles. The fourth-order valence-electron chi connectivity index (χ4n) is 1.94. The predicted molar refractivity (Wildman–Crippen MR) is 85.6 cm³/mol. The van der Waals surface area contributed by atoms with Gasteiger partial charge in [0, 0.05) is 24.2 Å². The van der Waals surface area contributed by atoms with E-state index in [9.17, 15) is 8.42 Å². The van der Waals surface area contributed by atoms with Crippen LogP contribution in [0, 0.1) is 0 Å². The largest absolute Gasteiger partial charge is 0.494 e. The number of unbranched alkanes of at least 4 members (excludes halogenated alkanes) is 2. The van der Waals surface area contributed by atoms with E-state index >= 15 is 0 Å². The first-order valence-corrected chi connectivity index (χ1v) is 9.15. The summed E-state index contributed by atoms with van der Waals surface area (Å²) in [6, 6.07) is 7.61. The van der Waals surface area contributed by atoms with Gasteiger partial charge in [0.1, 0.15) is 5.75 Å². The topological polar surface area (TPSA) is 69.2 Å². The lowest BCUT2D eigenvalue weighted by Gasteiger charge is -2.07. The molecule has 0 bridgehead atoms. The van der Waals surface area contributed by atoms with Gasteiger partial charge in [-0.3, -0.25) is 0 Å². The van der Waals surface area contributed by atoms with Crippen molar-refractivity contribution in [1.29, 1.82) is 0 Å². The van der Waals surface area contributed by atoms with Crippen molar-refractivity contribution >= 4 is 9.84 Å². The Balaban J connectivity index is 2.04. The SMILES string of the molecule is CCCCCOc1ccc(-c2cnc(S(C)(=O)=O)nc2)cc1. The zero-order valence-electron chi connectivity index (χ0n) is 12.8. The van der Waals surface area contributed by atoms with Gasteiger partial charge in [-0.1, -0.05) is 31.9 Å². The van der Waals surface area contributed by atoms with Gasteiger partial charge in [-0.15, -0.1) is 0 Å². The lowest BCUT2D eigenvalue weighted by molar-refractivity contribution is 0.306. The van der Waals surface area contributed by atoms with Crippen LogP contribution >= 0.6 is 0 Å². The third-order valence-electron chi connectivity index (χ3n) is 3.16. The lowest BCUT2D eigenvalue weighted by atomic mass is 10.1. The van der Waals surface area contributed by atoms with Gasteiger partial charge >= 0.3 is 0 Å². The van der Waals surface area contributed by atoms with Crippen LogP contribution < -0.4 is 4.74 Å². The molecular formula is C16H20N2O3S. The number of ether oxygens (including phenoxy) is 1. The molecule has 0 saturated heterocycles. The summed E-state index contributed by atoms with van der Waals surface area (Å²) in [6.07, 6.45) is 7.51. The summed E-state index contributed by atoms with van der Waals surface area (Å²) in [7, 11) is -3.37. The second kappa shape index (κ2) is 7.35. The highest BCUT2D eigenvalue weighted by Crippen LogP contribution is 2.21. The average Bonchev–Trinajstić information content (AvgIpc) is 2.51. The second-order valence-electron chi connectivity index (χ2n) is 5.11. The van der Waals surface area contributed by atoms with Gasteiger partial charge < -0.3 is 4.74 Å². The third-order valence-corrected chi connectivity index (χ3v) is 4.04. The molecule has 0 radical (unpaired) electrons. The van der Waals surface area contributed by atoms with Gasteiger partial charge in [0.05, 0.1) is 6.61 Å². The van der Waals surface area contributed by atoms with Crippen LogP contribution in [-0.2, 0) is 9.84 Å². The van der Waals surface area contributed by atoms with E-state index in [1.807, 2.05) is 24.3 Å². The molecule has 118 valence electrons. The molecule has 0 spiro atoms. The molecule has 6 heteroatoms. The zero-order chi connectivity index (χ0) is 16.0. The van der Waals surface area contributed by atoms with Crippen molar-refractivity contribution in [2.75, 3.05) is 12.9 Å². The molecular weight excluding hydrogens is 300 g/mol. The van der Waals surface area contributed by atoms with Gasteiger partial charge in [0.25, 0.3) is 0 Å². The maximum Gasteiger partial charge on any atom is 0.246 e. The number of sulfone groups is 1. The van der Waals surface area contributed by atoms with E-state index < -0.39 is 9.84 Å². The molecule has 0 saturated carbocycles. The lowest BCUT2D eigenvalue weighted by Crippen LogP contribution is -2.03. The quantitative estimate of drug-likeness (QED) is 0.579. The number of hydrogen-bond donors (Lipinski definition) is 0. The van der Waals surface area contributed by atoms with E-state index in [0.29, 0.717) is 0 Å². The van der Waals surface area contributed by atoms with E-state index in [2.05, 4.69) is 16.9 Å². The summed E-state index contributed by atoms with van der Waals surface area (Å²) in [5.74, 6) is 0.827. The van der Waals surface area contributed by atoms with Crippen molar-refractivity contribution in [3.8, 4) is 16.9 Å². The van der Waals surface area contributed by atoms with Crippen molar-refractivity contribution in [1.82, 2.24) is 9.97 Å². The predicted octanol–water partition coefficient (Wildman–Crippen LogP) is 3.12. The molecule has 1 heterocycles. The smallest absolute Gasteiger partial charge is 0.246 e. The number of hydrogen-bond acceptors (Lipinski definition) is 5. The Morgan fingerprint density at radius 2 is 1.64 bits per heavy atom. The first-order chi connectivity index (χ1) is 10.5. The molecule has 2 aromatic rings. The molecule has 1 aromatic carbocycles. The summed E-state index contributed by atoms with van der Waals surface area (Å²) in [6.45, 7) is 2.88. The van der Waals surface area contributed by atoms with Crippen molar-refractivity contribution < 1.29 is 13.2 Å². The molecule has 0 unspecified atom stereocenters. The molecule has 0 aliphatic heterocycles. The van der Waals surface area contributed by atoms with Gasteiger partial charge in [0.15, 0.2) is 0 Å². The number of rotatable bonds is 7. The molecule has 0 atom stereocenters. The van der Waals surface area contributed by atoms with E-state index in [4.69, 9.17) is 4.74 Å². The Morgan fingerprint density at radius 1 is 1.00 bits per heavy atom. The fraction of sp³-hybridized carbons (Fsp3) is 0.375. The minimum Gasteiger partial charge on any atom is -0.494 e. The molecule has 1 aromatic heterocycles. The first-order valence-electron chi connectivity index (χ1n) is 7.26. The molecule has 5 nitrogen and oxygen atoms in total. The number of aromatic nitrogens is 2. The Hall–Kier alpha value is -1.95. The summed E-state index contributed by atoms with van der Waals surface area (Å²) in [4.78, 5) is 7.78. The van der Waals surface area contributed by atoms with Crippen LogP contribution in [0.5, 0.6) is 5.75 Å². The Bertz CT molecular complexity index is 695. The normalized spacial score (nSPS) is 11.4. The highest BCUT2D eigenvalue weighted by Gasteiger charge is 2.10. The van der Waals surface area contributed by atoms with Gasteiger partial charge in [0.2, 0.25) is 15.0 Å². The van der Waals surface area contributed by atoms with Crippen LogP contribution in [0.2, 0.25) is 0 Å². The summed E-state index contributed by atoms with van der Waals surface area (Å²) in [5.41, 5.74) is 1.69. The maximum absolute atomic E-state index is 11.3. The fourth-order valence-corrected chi connectivity index (χ4v) is 2.43. The van der Waals surface area contributed by atoms with E-state index in [1.165, 1.54) is 25.2 Å². The third kappa shape index (κ3) is 4.53. The molecule has 0 amide bonds. The first kappa shape index (κ1) is 16.4. The molecule has 0 aliphatic rings. The van der Waals surface area contributed by atoms with Crippen LogP contribution in [0.25, 0.3) is 11.1 Å². The average molecular weight is 320 g/mol. The van der Waals surface area contributed by atoms with E-state index in [-0.39, 0.29) is 5.16 Å². The molecule has 2 rings (SSSR count). The standard InChI is InChI=1S/C16H20N2O3S/c1-3-4-5-10-21-15-8-6-13(7-9-15)14-11-17-16(18-12-14)22(2,19)20/h6-9,11-12H,3-5,10H2,1-2H3. The molecule has 22 heavy (non-hydrogen) atoms. The van der Waals surface area contributed by atoms with Gasteiger partial charge in [-0.25, -0.2) is 18.4 Å². The highest BCUT2D eigenvalue weighted by atomic mass is 32.2. The van der Waals surface area contributed by atoms with E-state index in [1.54, 1.807) is 0 Å². The van der Waals surface area contributed by atoms with Crippen LogP contribution in [-0.4, -0.2) is 31.2 Å². The minimum absolute atomic E-state index is 0.160. The maximum atomic E-state index is 11.3. The second-order valence-corrected chi connectivity index (χ2v) is 7.02. The van der Waals surface area contributed by atoms with Crippen molar-refractivity contribution in [3.05, 3.63) is 36.7 Å². The highest BCUT2D eigenvalue weighted by molar-refractivity contribution is 7.90. The Kier molecular flexibility index (Phi) is 5.49. The Labute approximate surface area is 131 Å². The van der Waals surface area contributed by atoms with Crippen molar-refractivity contribution in [2.24, 2.45) is 0 Å². The summed E-state index contributed by atoms with van der Waals surface area (Å²) in [5, 5.41) is -0.160. The van der Waals surface area contributed by atoms with E-state index in [0.717, 1.165) is 36.2 Å². The summed E-state index contributed by atoms with van der Waals surface area (Å²) < 4.78 is 28.3. The molecule has 0 N–H and O–H groups in total. The Morgan fingerprint density at radius 3 is 2.18 bits per heavy atom. The van der Waals surface area contributed by atoms with Gasteiger partial charge in [-0.2, -0.15) is 0 Å². The van der Waals surface area contributed by atoms with Crippen molar-refractivity contribution in [2.45, 2.75) is 31.3 Å². The minimum atomic E-state index is -3.37. The molecule has 0 fully saturated rings. The van der Waals surface area contributed by atoms with Crippen LogP contribution in [0.3, 0.4) is 0 Å². The number of benzene rings is 1. The monoisotopic (exact) mass is 320 g/mol. The van der Waals surface area contributed by atoms with Crippen LogP contribution in [0.1, 0.15) is 26.2 Å². The van der Waals surface area contributed by atoms with Crippen LogP contribution in [0.15, 0.2) is 41.8 Å². The van der Waals surface area contributed by atoms with Crippen LogP contribution in [0.4, 0.5) is 0 Å².